The maximum absolute atomic E-state index is 3.29. The van der Waals surface area contributed by atoms with Crippen LogP contribution in [0.2, 0.25) is 0 Å². The van der Waals surface area contributed by atoms with Crippen molar-refractivity contribution in [2.24, 2.45) is 0 Å². The van der Waals surface area contributed by atoms with Gasteiger partial charge >= 0.3 is 99.2 Å². The topological polar surface area (TPSA) is 0 Å². The van der Waals surface area contributed by atoms with Gasteiger partial charge in [0.05, 0.1) is 0 Å². The second kappa shape index (κ2) is 18.1. The number of benzene rings is 4. The second-order valence-corrected chi connectivity index (χ2v) is 10.8. The van der Waals surface area contributed by atoms with E-state index >= 15 is 0 Å². The van der Waals surface area contributed by atoms with Gasteiger partial charge in [-0.15, -0.1) is 46.2 Å². The Kier molecular flexibility index (Phi) is 15.3. The molecule has 204 valence electrons. The van der Waals surface area contributed by atoms with Crippen LogP contribution in [0.1, 0.15) is 57.1 Å². The molecule has 0 radical (unpaired) electrons. The predicted octanol–water partition coefficient (Wildman–Crippen LogP) is 4.17. The first-order valence-electron chi connectivity index (χ1n) is 13.7. The van der Waals surface area contributed by atoms with E-state index < -0.39 is 0 Å². The maximum atomic E-state index is 3.29. The average molecular weight is 643 g/mol. The summed E-state index contributed by atoms with van der Waals surface area (Å²) in [5, 5.41) is 5.39. The summed E-state index contributed by atoms with van der Waals surface area (Å²) in [5.41, 5.74) is 5.86. The van der Waals surface area contributed by atoms with Gasteiger partial charge in [0, 0.05) is 0 Å². The SMILES string of the molecule is CCCC1=C(CCC)C[C-]=C1.[Cl-].[Cl-].[Zr+2]=[C](c1ccccc1)c1ccccc1.c1ccc2c(c1)[cH-]c1ccccc12. The Bertz CT molecular complexity index is 1420. The van der Waals surface area contributed by atoms with Gasteiger partial charge in [0.1, 0.15) is 0 Å². The first-order valence-corrected chi connectivity index (χ1v) is 14.9. The van der Waals surface area contributed by atoms with Gasteiger partial charge in [0.25, 0.3) is 0 Å². The van der Waals surface area contributed by atoms with Gasteiger partial charge in [0.15, 0.2) is 0 Å². The molecule has 0 heterocycles. The molecule has 0 unspecified atom stereocenters. The van der Waals surface area contributed by atoms with Crippen molar-refractivity contribution < 1.29 is 49.0 Å². The number of hydrogen-bond donors (Lipinski definition) is 0. The Morgan fingerprint density at radius 1 is 0.650 bits per heavy atom. The quantitative estimate of drug-likeness (QED) is 0.244. The zero-order chi connectivity index (χ0) is 26.6. The van der Waals surface area contributed by atoms with Crippen LogP contribution < -0.4 is 24.8 Å². The molecule has 6 rings (SSSR count). The Labute approximate surface area is 267 Å². The fraction of sp³-hybridized carbons (Fsp3) is 0.189. The van der Waals surface area contributed by atoms with Crippen molar-refractivity contribution in [1.82, 2.24) is 0 Å². The molecule has 3 heteroatoms. The standard InChI is InChI=1S/C13H9.C13H10.C11H17.2ClH.Zr/c1-3-7-12-10(5-1)9-11-6-2-4-8-13(11)12;1-3-7-12(8-4-1)11-13-9-5-2-6-10-13;1-3-6-10-8-5-9-11(10)7-4-2;;;/h1-9H;1-10H;8H,3-4,6-7,9H2,1-2H3;2*1H;/q-1;;-1;;;+2/p-2. The summed E-state index contributed by atoms with van der Waals surface area (Å²) in [7, 11) is 0. The van der Waals surface area contributed by atoms with E-state index in [2.05, 4.69) is 141 Å². The van der Waals surface area contributed by atoms with Crippen LogP contribution >= 0.6 is 0 Å². The zero-order valence-corrected chi connectivity index (χ0v) is 27.3. The first-order chi connectivity index (χ1) is 18.7. The van der Waals surface area contributed by atoms with Crippen LogP contribution in [0.25, 0.3) is 21.5 Å². The molecule has 1 aliphatic carbocycles. The molecule has 0 aromatic heterocycles. The average Bonchev–Trinajstić information content (AvgIpc) is 3.59. The molecule has 0 saturated heterocycles. The van der Waals surface area contributed by atoms with Crippen LogP contribution in [0.4, 0.5) is 0 Å². The van der Waals surface area contributed by atoms with Crippen LogP contribution in [0.3, 0.4) is 0 Å². The van der Waals surface area contributed by atoms with Crippen molar-refractivity contribution in [2.75, 3.05) is 0 Å². The van der Waals surface area contributed by atoms with Crippen molar-refractivity contribution in [2.45, 2.75) is 46.0 Å². The summed E-state index contributed by atoms with van der Waals surface area (Å²) in [6.45, 7) is 4.48. The van der Waals surface area contributed by atoms with E-state index in [-0.39, 0.29) is 24.8 Å². The Morgan fingerprint density at radius 3 is 1.57 bits per heavy atom. The fourth-order valence-electron chi connectivity index (χ4n) is 4.86. The molecule has 0 N–H and O–H groups in total. The number of allylic oxidation sites excluding steroid dienone is 4. The molecule has 0 atom stereocenters. The van der Waals surface area contributed by atoms with Gasteiger partial charge in [-0.1, -0.05) is 69.5 Å². The third-order valence-corrected chi connectivity index (χ3v) is 8.18. The normalized spacial score (nSPS) is 11.6. The summed E-state index contributed by atoms with van der Waals surface area (Å²) >= 11 is 1.46. The molecule has 0 aliphatic heterocycles. The molecule has 40 heavy (non-hydrogen) atoms. The molecule has 0 nitrogen and oxygen atoms in total. The summed E-state index contributed by atoms with van der Waals surface area (Å²) in [6, 6.07) is 40.4. The minimum absolute atomic E-state index is 0. The third-order valence-electron chi connectivity index (χ3n) is 6.76. The Morgan fingerprint density at radius 2 is 1.10 bits per heavy atom. The van der Waals surface area contributed by atoms with Gasteiger partial charge in [-0.3, -0.25) is 6.08 Å². The minimum atomic E-state index is 0. The van der Waals surface area contributed by atoms with Gasteiger partial charge in [-0.2, -0.15) is 11.1 Å². The summed E-state index contributed by atoms with van der Waals surface area (Å²) in [6.07, 6.45) is 11.7. The summed E-state index contributed by atoms with van der Waals surface area (Å²) < 4.78 is 1.42. The molecule has 5 aromatic rings. The van der Waals surface area contributed by atoms with E-state index in [1.54, 1.807) is 11.1 Å². The number of rotatable bonds is 6. The molecule has 0 amide bonds. The molecular formula is C37H36Cl2Zr-2. The summed E-state index contributed by atoms with van der Waals surface area (Å²) in [4.78, 5) is 0. The van der Waals surface area contributed by atoms with Crippen molar-refractivity contribution in [3.63, 3.8) is 0 Å². The van der Waals surface area contributed by atoms with Crippen LogP contribution in [0.15, 0.2) is 132 Å². The van der Waals surface area contributed by atoms with E-state index in [1.165, 1.54) is 85.8 Å². The van der Waals surface area contributed by atoms with E-state index in [0.717, 1.165) is 6.42 Å². The van der Waals surface area contributed by atoms with E-state index in [0.29, 0.717) is 0 Å². The van der Waals surface area contributed by atoms with Gasteiger partial charge < -0.3 is 24.8 Å². The Hall–Kier alpha value is -2.44. The van der Waals surface area contributed by atoms with Crippen LogP contribution in [-0.4, -0.2) is 3.21 Å². The molecule has 5 aromatic carbocycles. The number of hydrogen-bond acceptors (Lipinski definition) is 0. The van der Waals surface area contributed by atoms with Gasteiger partial charge in [0.2, 0.25) is 0 Å². The molecule has 0 bridgehead atoms. The molecule has 1 aliphatic rings. The predicted molar refractivity (Wildman–Crippen MR) is 162 cm³/mol. The fourth-order valence-corrected chi connectivity index (χ4v) is 5.68. The van der Waals surface area contributed by atoms with Crippen molar-refractivity contribution in [3.8, 4) is 0 Å². The van der Waals surface area contributed by atoms with Crippen molar-refractivity contribution in [1.29, 1.82) is 0 Å². The summed E-state index contributed by atoms with van der Waals surface area (Å²) in [5.74, 6) is 0. The molecule has 0 saturated carbocycles. The smallest absolute Gasteiger partial charge is 0.0771 e. The zero-order valence-electron chi connectivity index (χ0n) is 23.3. The monoisotopic (exact) mass is 640 g/mol. The van der Waals surface area contributed by atoms with Gasteiger partial charge in [-0.25, -0.2) is 6.08 Å². The van der Waals surface area contributed by atoms with Crippen molar-refractivity contribution >= 4 is 24.8 Å². The molecule has 0 fully saturated rings. The van der Waals surface area contributed by atoms with Crippen LogP contribution in [0.5, 0.6) is 0 Å². The number of fused-ring (bicyclic) bond motifs is 3. The molecular weight excluding hydrogens is 607 g/mol. The van der Waals surface area contributed by atoms with Gasteiger partial charge in [-0.05, 0) is 6.42 Å². The van der Waals surface area contributed by atoms with E-state index in [4.69, 9.17) is 0 Å². The van der Waals surface area contributed by atoms with Crippen molar-refractivity contribution in [3.05, 3.63) is 150 Å². The first kappa shape index (κ1) is 33.8. The van der Waals surface area contributed by atoms with E-state index in [1.807, 2.05) is 0 Å². The minimum Gasteiger partial charge on any atom is -0.126 e. The number of halogens is 2. The third kappa shape index (κ3) is 9.31. The molecule has 0 spiro atoms. The van der Waals surface area contributed by atoms with E-state index in [9.17, 15) is 0 Å². The Balaban J connectivity index is 0.000000207. The van der Waals surface area contributed by atoms with Crippen LogP contribution in [0, 0.1) is 6.08 Å². The maximum Gasteiger partial charge on any atom is -0.0771 e. The largest absolute Gasteiger partial charge is 0.126 e. The second-order valence-electron chi connectivity index (χ2n) is 9.58. The van der Waals surface area contributed by atoms with Crippen LogP contribution in [-0.2, 0) is 24.2 Å².